The molecule has 1 fully saturated rings. The Balaban J connectivity index is 2.24. The van der Waals surface area contributed by atoms with Crippen molar-refractivity contribution in [1.29, 1.82) is 0 Å². The van der Waals surface area contributed by atoms with Gasteiger partial charge in [0.15, 0.2) is 0 Å². The SMILES string of the molecule is Cc1cc(F)c(Cl)c(CC2CCCCN2)c1C. The molecule has 0 radical (unpaired) electrons. The highest BCUT2D eigenvalue weighted by Gasteiger charge is 2.18. The van der Waals surface area contributed by atoms with Gasteiger partial charge >= 0.3 is 0 Å². The third-order valence-corrected chi connectivity index (χ3v) is 4.13. The van der Waals surface area contributed by atoms with Crippen LogP contribution in [0.15, 0.2) is 6.07 Å². The first-order valence-corrected chi connectivity index (χ1v) is 6.65. The van der Waals surface area contributed by atoms with Crippen molar-refractivity contribution in [3.05, 3.63) is 33.6 Å². The smallest absolute Gasteiger partial charge is 0.142 e. The zero-order chi connectivity index (χ0) is 12.4. The molecule has 1 aliphatic heterocycles. The van der Waals surface area contributed by atoms with Crippen LogP contribution in [-0.4, -0.2) is 12.6 Å². The maximum absolute atomic E-state index is 13.6. The van der Waals surface area contributed by atoms with Crippen molar-refractivity contribution in [1.82, 2.24) is 5.32 Å². The zero-order valence-electron chi connectivity index (χ0n) is 10.4. The molecule has 0 aliphatic carbocycles. The standard InChI is InChI=1S/C14H19ClFN/c1-9-7-13(16)14(15)12(10(9)2)8-11-5-3-4-6-17-11/h7,11,17H,3-6,8H2,1-2H3. The van der Waals surface area contributed by atoms with Crippen molar-refractivity contribution in [2.45, 2.75) is 45.6 Å². The van der Waals surface area contributed by atoms with Crippen molar-refractivity contribution in [2.75, 3.05) is 6.54 Å². The summed E-state index contributed by atoms with van der Waals surface area (Å²) in [6.45, 7) is 5.03. The molecule has 1 atom stereocenters. The average Bonchev–Trinajstić information content (AvgIpc) is 2.33. The Morgan fingerprint density at radius 3 is 2.82 bits per heavy atom. The van der Waals surface area contributed by atoms with Crippen molar-refractivity contribution in [2.24, 2.45) is 0 Å². The van der Waals surface area contributed by atoms with Crippen molar-refractivity contribution < 1.29 is 4.39 Å². The number of hydrogen-bond donors (Lipinski definition) is 1. The molecule has 1 aromatic rings. The Labute approximate surface area is 107 Å². The van der Waals surface area contributed by atoms with E-state index >= 15 is 0 Å². The molecule has 0 spiro atoms. The molecule has 1 N–H and O–H groups in total. The van der Waals surface area contributed by atoms with Crippen LogP contribution in [0.2, 0.25) is 5.02 Å². The number of benzene rings is 1. The molecule has 94 valence electrons. The molecule has 1 nitrogen and oxygen atoms in total. The lowest BCUT2D eigenvalue weighted by molar-refractivity contribution is 0.398. The predicted octanol–water partition coefficient (Wildman–Crippen LogP) is 3.78. The molecule has 1 aromatic carbocycles. The van der Waals surface area contributed by atoms with Crippen molar-refractivity contribution in [3.63, 3.8) is 0 Å². The van der Waals surface area contributed by atoms with E-state index in [-0.39, 0.29) is 5.82 Å². The lowest BCUT2D eigenvalue weighted by atomic mass is 9.93. The van der Waals surface area contributed by atoms with Gasteiger partial charge in [0.1, 0.15) is 5.82 Å². The molecule has 1 unspecified atom stereocenters. The van der Waals surface area contributed by atoms with Crippen molar-refractivity contribution in [3.8, 4) is 0 Å². The fourth-order valence-corrected chi connectivity index (χ4v) is 2.77. The van der Waals surface area contributed by atoms with E-state index in [1.807, 2.05) is 13.8 Å². The summed E-state index contributed by atoms with van der Waals surface area (Å²) in [5.41, 5.74) is 3.09. The summed E-state index contributed by atoms with van der Waals surface area (Å²) in [4.78, 5) is 0. The van der Waals surface area contributed by atoms with Crippen LogP contribution in [0.25, 0.3) is 0 Å². The van der Waals surface area contributed by atoms with E-state index < -0.39 is 0 Å². The second kappa shape index (κ2) is 5.36. The molecule has 1 aliphatic rings. The highest BCUT2D eigenvalue weighted by Crippen LogP contribution is 2.28. The van der Waals surface area contributed by atoms with E-state index in [0.717, 1.165) is 36.1 Å². The topological polar surface area (TPSA) is 12.0 Å². The van der Waals surface area contributed by atoms with Crippen LogP contribution < -0.4 is 5.32 Å². The molecule has 3 heteroatoms. The van der Waals surface area contributed by atoms with Crippen LogP contribution in [-0.2, 0) is 6.42 Å². The molecule has 17 heavy (non-hydrogen) atoms. The second-order valence-electron chi connectivity index (χ2n) is 4.94. The first kappa shape index (κ1) is 12.8. The summed E-state index contributed by atoms with van der Waals surface area (Å²) in [5.74, 6) is -0.291. The Morgan fingerprint density at radius 2 is 2.18 bits per heavy atom. The fraction of sp³-hybridized carbons (Fsp3) is 0.571. The van der Waals surface area contributed by atoms with E-state index in [9.17, 15) is 4.39 Å². The summed E-state index contributed by atoms with van der Waals surface area (Å²) < 4.78 is 13.6. The van der Waals surface area contributed by atoms with E-state index in [0.29, 0.717) is 11.1 Å². The molecule has 1 saturated heterocycles. The summed E-state index contributed by atoms with van der Waals surface area (Å²) in [5, 5.41) is 3.79. The quantitative estimate of drug-likeness (QED) is 0.848. The number of piperidine rings is 1. The Kier molecular flexibility index (Phi) is 4.05. The van der Waals surface area contributed by atoms with Gasteiger partial charge in [-0.2, -0.15) is 0 Å². The highest BCUT2D eigenvalue weighted by atomic mass is 35.5. The number of rotatable bonds is 2. The molecular weight excluding hydrogens is 237 g/mol. The minimum Gasteiger partial charge on any atom is -0.314 e. The molecule has 0 bridgehead atoms. The number of hydrogen-bond acceptors (Lipinski definition) is 1. The normalized spacial score (nSPS) is 20.6. The minimum absolute atomic E-state index is 0.291. The molecule has 2 rings (SSSR count). The molecular formula is C14H19ClFN. The maximum atomic E-state index is 13.6. The molecule has 1 heterocycles. The first-order valence-electron chi connectivity index (χ1n) is 6.27. The largest absolute Gasteiger partial charge is 0.314 e. The fourth-order valence-electron chi connectivity index (χ4n) is 2.50. The lowest BCUT2D eigenvalue weighted by Gasteiger charge is -2.25. The van der Waals surface area contributed by atoms with Gasteiger partial charge in [-0.15, -0.1) is 0 Å². The summed E-state index contributed by atoms with van der Waals surface area (Å²) in [7, 11) is 0. The zero-order valence-corrected chi connectivity index (χ0v) is 11.2. The molecule has 0 aromatic heterocycles. The predicted molar refractivity (Wildman–Crippen MR) is 70.2 cm³/mol. The number of nitrogens with one attached hydrogen (secondary N) is 1. The van der Waals surface area contributed by atoms with Crippen LogP contribution in [0, 0.1) is 19.7 Å². The third-order valence-electron chi connectivity index (χ3n) is 3.72. The van der Waals surface area contributed by atoms with E-state index in [2.05, 4.69) is 5.32 Å². The minimum atomic E-state index is -0.291. The second-order valence-corrected chi connectivity index (χ2v) is 5.32. The highest BCUT2D eigenvalue weighted by molar-refractivity contribution is 6.31. The Bertz CT molecular complexity index is 385. The van der Waals surface area contributed by atoms with Gasteiger partial charge in [-0.05, 0) is 62.4 Å². The van der Waals surface area contributed by atoms with Gasteiger partial charge in [-0.3, -0.25) is 0 Å². The van der Waals surface area contributed by atoms with Gasteiger partial charge in [-0.1, -0.05) is 18.0 Å². The third kappa shape index (κ3) is 2.80. The monoisotopic (exact) mass is 255 g/mol. The van der Waals surface area contributed by atoms with Crippen LogP contribution >= 0.6 is 11.6 Å². The summed E-state index contributed by atoms with van der Waals surface area (Å²) in [6.07, 6.45) is 4.49. The van der Waals surface area contributed by atoms with Crippen molar-refractivity contribution >= 4 is 11.6 Å². The van der Waals surface area contributed by atoms with Gasteiger partial charge in [0.05, 0.1) is 5.02 Å². The van der Waals surface area contributed by atoms with E-state index in [1.165, 1.54) is 18.9 Å². The first-order chi connectivity index (χ1) is 8.09. The van der Waals surface area contributed by atoms with Gasteiger partial charge in [-0.25, -0.2) is 4.39 Å². The van der Waals surface area contributed by atoms with Crippen LogP contribution in [0.5, 0.6) is 0 Å². The van der Waals surface area contributed by atoms with Gasteiger partial charge in [0.2, 0.25) is 0 Å². The van der Waals surface area contributed by atoms with Crippen LogP contribution in [0.4, 0.5) is 4.39 Å². The summed E-state index contributed by atoms with van der Waals surface area (Å²) in [6, 6.07) is 1.97. The molecule has 0 saturated carbocycles. The van der Waals surface area contributed by atoms with Gasteiger partial charge in [0.25, 0.3) is 0 Å². The molecule has 0 amide bonds. The van der Waals surface area contributed by atoms with E-state index in [1.54, 1.807) is 0 Å². The lowest BCUT2D eigenvalue weighted by Crippen LogP contribution is -2.35. The summed E-state index contributed by atoms with van der Waals surface area (Å²) >= 11 is 6.09. The maximum Gasteiger partial charge on any atom is 0.142 e. The van der Waals surface area contributed by atoms with Gasteiger partial charge in [0, 0.05) is 6.04 Å². The Morgan fingerprint density at radius 1 is 1.41 bits per heavy atom. The van der Waals surface area contributed by atoms with Gasteiger partial charge < -0.3 is 5.32 Å². The Hall–Kier alpha value is -0.600. The van der Waals surface area contributed by atoms with Crippen LogP contribution in [0.1, 0.15) is 36.0 Å². The number of aryl methyl sites for hydroxylation is 1. The van der Waals surface area contributed by atoms with E-state index in [4.69, 9.17) is 11.6 Å². The number of halogens is 2. The van der Waals surface area contributed by atoms with Crippen LogP contribution in [0.3, 0.4) is 0 Å². The average molecular weight is 256 g/mol.